The maximum atomic E-state index is 13.4. The van der Waals surface area contributed by atoms with Crippen molar-refractivity contribution < 1.29 is 14.3 Å². The fourth-order valence-electron chi connectivity index (χ4n) is 4.54. The molecule has 2 amide bonds. The van der Waals surface area contributed by atoms with Crippen molar-refractivity contribution in [3.63, 3.8) is 0 Å². The average molecular weight is 392 g/mol. The summed E-state index contributed by atoms with van der Waals surface area (Å²) < 4.78 is 5.42. The molecule has 0 bridgehead atoms. The SMILES string of the molecule is Cc1ccccc1C(=O)N1C[C@H](C(=O)N2CCOCC2)[C@H](c2ccccc2C)C1. The molecule has 2 aliphatic rings. The Morgan fingerprint density at radius 2 is 1.52 bits per heavy atom. The van der Waals surface area contributed by atoms with Crippen molar-refractivity contribution in [1.29, 1.82) is 0 Å². The van der Waals surface area contributed by atoms with Crippen molar-refractivity contribution in [3.05, 3.63) is 70.8 Å². The van der Waals surface area contributed by atoms with Gasteiger partial charge in [0.1, 0.15) is 0 Å². The molecule has 2 aromatic rings. The van der Waals surface area contributed by atoms with E-state index in [1.807, 2.05) is 53.1 Å². The fourth-order valence-corrected chi connectivity index (χ4v) is 4.54. The van der Waals surface area contributed by atoms with Gasteiger partial charge in [-0.15, -0.1) is 0 Å². The third-order valence-electron chi connectivity index (χ3n) is 6.21. The van der Waals surface area contributed by atoms with E-state index in [0.717, 1.165) is 11.1 Å². The summed E-state index contributed by atoms with van der Waals surface area (Å²) in [5, 5.41) is 0. The number of benzene rings is 2. The Morgan fingerprint density at radius 1 is 0.862 bits per heavy atom. The smallest absolute Gasteiger partial charge is 0.254 e. The highest BCUT2D eigenvalue weighted by atomic mass is 16.5. The van der Waals surface area contributed by atoms with Crippen LogP contribution in [0.5, 0.6) is 0 Å². The van der Waals surface area contributed by atoms with Crippen LogP contribution in [0, 0.1) is 19.8 Å². The lowest BCUT2D eigenvalue weighted by Gasteiger charge is -2.31. The van der Waals surface area contributed by atoms with Gasteiger partial charge in [0.15, 0.2) is 0 Å². The Kier molecular flexibility index (Phi) is 5.67. The summed E-state index contributed by atoms with van der Waals surface area (Å²) in [7, 11) is 0. The lowest BCUT2D eigenvalue weighted by molar-refractivity contribution is -0.139. The number of rotatable bonds is 3. The van der Waals surface area contributed by atoms with Crippen LogP contribution in [0.2, 0.25) is 0 Å². The molecule has 5 heteroatoms. The first-order chi connectivity index (χ1) is 14.1. The molecule has 2 saturated heterocycles. The van der Waals surface area contributed by atoms with Crippen LogP contribution in [0.15, 0.2) is 48.5 Å². The third-order valence-corrected chi connectivity index (χ3v) is 6.21. The van der Waals surface area contributed by atoms with Crippen LogP contribution < -0.4 is 0 Å². The molecule has 152 valence electrons. The topological polar surface area (TPSA) is 49.9 Å². The summed E-state index contributed by atoms with van der Waals surface area (Å²) in [5.74, 6) is -0.0534. The third kappa shape index (κ3) is 3.92. The molecule has 0 N–H and O–H groups in total. The number of nitrogens with zero attached hydrogens (tertiary/aromatic N) is 2. The summed E-state index contributed by atoms with van der Waals surface area (Å²) >= 11 is 0. The zero-order valence-corrected chi connectivity index (χ0v) is 17.1. The van der Waals surface area contributed by atoms with E-state index >= 15 is 0 Å². The summed E-state index contributed by atoms with van der Waals surface area (Å²) in [6, 6.07) is 15.9. The van der Waals surface area contributed by atoms with Gasteiger partial charge in [-0.05, 0) is 36.6 Å². The number of hydrogen-bond acceptors (Lipinski definition) is 3. The van der Waals surface area contributed by atoms with Crippen molar-refractivity contribution in [1.82, 2.24) is 9.80 Å². The Hall–Kier alpha value is -2.66. The Bertz CT molecular complexity index is 905. The minimum Gasteiger partial charge on any atom is -0.378 e. The van der Waals surface area contributed by atoms with Crippen molar-refractivity contribution >= 4 is 11.8 Å². The van der Waals surface area contributed by atoms with Gasteiger partial charge in [0, 0.05) is 37.7 Å². The van der Waals surface area contributed by atoms with Crippen LogP contribution in [0.4, 0.5) is 0 Å². The molecule has 5 nitrogen and oxygen atoms in total. The van der Waals surface area contributed by atoms with Crippen LogP contribution >= 0.6 is 0 Å². The zero-order valence-electron chi connectivity index (χ0n) is 17.1. The lowest BCUT2D eigenvalue weighted by atomic mass is 9.85. The van der Waals surface area contributed by atoms with E-state index in [1.165, 1.54) is 11.1 Å². The largest absolute Gasteiger partial charge is 0.378 e. The maximum absolute atomic E-state index is 13.4. The molecule has 2 atom stereocenters. The molecule has 2 fully saturated rings. The average Bonchev–Trinajstić information content (AvgIpc) is 3.19. The predicted octanol–water partition coefficient (Wildman–Crippen LogP) is 3.02. The number of morpholine rings is 1. The van der Waals surface area contributed by atoms with Gasteiger partial charge in [0.2, 0.25) is 5.91 Å². The quantitative estimate of drug-likeness (QED) is 0.807. The summed E-state index contributed by atoms with van der Waals surface area (Å²) in [5.41, 5.74) is 4.02. The summed E-state index contributed by atoms with van der Waals surface area (Å²) in [6.45, 7) is 7.48. The van der Waals surface area contributed by atoms with Crippen LogP contribution in [0.1, 0.15) is 33.0 Å². The molecule has 29 heavy (non-hydrogen) atoms. The van der Waals surface area contributed by atoms with Crippen molar-refractivity contribution in [3.8, 4) is 0 Å². The number of carbonyl (C=O) groups excluding carboxylic acids is 2. The Labute approximate surface area is 172 Å². The van der Waals surface area contributed by atoms with Gasteiger partial charge in [-0.1, -0.05) is 42.5 Å². The highest BCUT2D eigenvalue weighted by Crippen LogP contribution is 2.36. The molecule has 0 aromatic heterocycles. The maximum Gasteiger partial charge on any atom is 0.254 e. The first kappa shape index (κ1) is 19.6. The molecule has 4 rings (SSSR count). The molecule has 0 radical (unpaired) electrons. The number of likely N-dealkylation sites (tertiary alicyclic amines) is 1. The minimum absolute atomic E-state index is 0.0129. The van der Waals surface area contributed by atoms with Crippen molar-refractivity contribution in [2.75, 3.05) is 39.4 Å². The van der Waals surface area contributed by atoms with E-state index in [1.54, 1.807) is 0 Å². The number of aryl methyl sites for hydroxylation is 2. The van der Waals surface area contributed by atoms with Crippen LogP contribution in [-0.4, -0.2) is 61.0 Å². The second-order valence-corrected chi connectivity index (χ2v) is 8.03. The Morgan fingerprint density at radius 3 is 2.21 bits per heavy atom. The van der Waals surface area contributed by atoms with E-state index in [0.29, 0.717) is 39.4 Å². The van der Waals surface area contributed by atoms with Gasteiger partial charge in [0.05, 0.1) is 19.1 Å². The fraction of sp³-hybridized carbons (Fsp3) is 0.417. The molecule has 0 aliphatic carbocycles. The van der Waals surface area contributed by atoms with Gasteiger partial charge in [-0.25, -0.2) is 0 Å². The first-order valence-electron chi connectivity index (χ1n) is 10.3. The van der Waals surface area contributed by atoms with Gasteiger partial charge in [-0.3, -0.25) is 9.59 Å². The lowest BCUT2D eigenvalue weighted by Crippen LogP contribution is -2.45. The van der Waals surface area contributed by atoms with E-state index in [4.69, 9.17) is 4.74 Å². The standard InChI is InChI=1S/C24H28N2O3/c1-17-7-3-5-9-19(17)21-15-26(23(27)20-10-6-4-8-18(20)2)16-22(21)24(28)25-11-13-29-14-12-25/h3-10,21-22H,11-16H2,1-2H3/t21-,22-/m0/s1. The second kappa shape index (κ2) is 8.37. The molecule has 2 aliphatic heterocycles. The van der Waals surface area contributed by atoms with E-state index < -0.39 is 0 Å². The number of ether oxygens (including phenoxy) is 1. The minimum atomic E-state index is -0.220. The molecule has 0 spiro atoms. The van der Waals surface area contributed by atoms with Crippen LogP contribution in [0.3, 0.4) is 0 Å². The van der Waals surface area contributed by atoms with E-state index in [9.17, 15) is 9.59 Å². The Balaban J connectivity index is 1.64. The van der Waals surface area contributed by atoms with Crippen molar-refractivity contribution in [2.45, 2.75) is 19.8 Å². The zero-order chi connectivity index (χ0) is 20.4. The molecule has 0 saturated carbocycles. The summed E-state index contributed by atoms with van der Waals surface area (Å²) in [6.07, 6.45) is 0. The molecule has 2 aromatic carbocycles. The van der Waals surface area contributed by atoms with E-state index in [2.05, 4.69) is 19.1 Å². The van der Waals surface area contributed by atoms with Gasteiger partial charge >= 0.3 is 0 Å². The molecular weight excluding hydrogens is 364 g/mol. The highest BCUT2D eigenvalue weighted by molar-refractivity contribution is 5.96. The van der Waals surface area contributed by atoms with Gasteiger partial charge in [-0.2, -0.15) is 0 Å². The molecule has 0 unspecified atom stereocenters. The summed E-state index contributed by atoms with van der Waals surface area (Å²) in [4.78, 5) is 30.4. The predicted molar refractivity (Wildman–Crippen MR) is 112 cm³/mol. The normalized spacial score (nSPS) is 22.0. The number of hydrogen-bond donors (Lipinski definition) is 0. The number of amides is 2. The molecule has 2 heterocycles. The van der Waals surface area contributed by atoms with Crippen molar-refractivity contribution in [2.24, 2.45) is 5.92 Å². The molecular formula is C24H28N2O3. The van der Waals surface area contributed by atoms with E-state index in [-0.39, 0.29) is 23.7 Å². The number of carbonyl (C=O) groups is 2. The first-order valence-corrected chi connectivity index (χ1v) is 10.3. The van der Waals surface area contributed by atoms with Gasteiger partial charge < -0.3 is 14.5 Å². The second-order valence-electron chi connectivity index (χ2n) is 8.03. The van der Waals surface area contributed by atoms with Gasteiger partial charge in [0.25, 0.3) is 5.91 Å². The van der Waals surface area contributed by atoms with Crippen LogP contribution in [-0.2, 0) is 9.53 Å². The van der Waals surface area contributed by atoms with Crippen LogP contribution in [0.25, 0.3) is 0 Å². The monoisotopic (exact) mass is 392 g/mol. The highest BCUT2D eigenvalue weighted by Gasteiger charge is 2.43.